The van der Waals surface area contributed by atoms with E-state index >= 15 is 0 Å². The van der Waals surface area contributed by atoms with Gasteiger partial charge in [0.2, 0.25) is 0 Å². The topological polar surface area (TPSA) is 12.9 Å². The normalized spacial score (nSPS) is 11.5. The molecule has 0 aliphatic heterocycles. The summed E-state index contributed by atoms with van der Waals surface area (Å²) < 4.78 is 50.3. The van der Waals surface area contributed by atoms with Gasteiger partial charge >= 0.3 is 6.18 Å². The van der Waals surface area contributed by atoms with Gasteiger partial charge in [0.1, 0.15) is 5.82 Å². The van der Waals surface area contributed by atoms with E-state index in [2.05, 4.69) is 4.98 Å². The van der Waals surface area contributed by atoms with Crippen LogP contribution in [0.3, 0.4) is 0 Å². The molecule has 1 nitrogen and oxygen atoms in total. The lowest BCUT2D eigenvalue weighted by Gasteiger charge is -2.09. The number of nitrogens with zero attached hydrogens (tertiary/aromatic N) is 1. The largest absolute Gasteiger partial charge is 0.419 e. The molecule has 0 unspecified atom stereocenters. The van der Waals surface area contributed by atoms with Crippen LogP contribution in [0.25, 0.3) is 11.1 Å². The van der Waals surface area contributed by atoms with Crippen molar-refractivity contribution in [2.24, 2.45) is 0 Å². The predicted octanol–water partition coefficient (Wildman–Crippen LogP) is 3.91. The fourth-order valence-electron chi connectivity index (χ4n) is 1.46. The van der Waals surface area contributed by atoms with Gasteiger partial charge in [0, 0.05) is 18.0 Å². The van der Waals surface area contributed by atoms with Crippen molar-refractivity contribution in [2.75, 3.05) is 0 Å². The molecule has 0 saturated heterocycles. The van der Waals surface area contributed by atoms with E-state index in [-0.39, 0.29) is 0 Å². The van der Waals surface area contributed by atoms with Gasteiger partial charge in [-0.25, -0.2) is 4.39 Å². The summed E-state index contributed by atoms with van der Waals surface area (Å²) in [5.74, 6) is -1.28. The van der Waals surface area contributed by atoms with Gasteiger partial charge in [-0.15, -0.1) is 0 Å². The predicted molar refractivity (Wildman–Crippen MR) is 54.6 cm³/mol. The van der Waals surface area contributed by atoms with Gasteiger partial charge in [-0.05, 0) is 23.8 Å². The molecule has 0 atom stereocenters. The highest BCUT2D eigenvalue weighted by Crippen LogP contribution is 2.33. The molecule has 1 aromatic heterocycles. The van der Waals surface area contributed by atoms with Gasteiger partial charge in [0.15, 0.2) is 0 Å². The first-order chi connectivity index (χ1) is 7.98. The molecule has 0 N–H and O–H groups in total. The van der Waals surface area contributed by atoms with Crippen LogP contribution in [0, 0.1) is 5.82 Å². The number of alkyl halides is 3. The average Bonchev–Trinajstić information content (AvgIpc) is 2.28. The highest BCUT2D eigenvalue weighted by molar-refractivity contribution is 5.62. The molecule has 0 fully saturated rings. The molecule has 0 aliphatic rings. The first kappa shape index (κ1) is 11.6. The highest BCUT2D eigenvalue weighted by atomic mass is 19.4. The van der Waals surface area contributed by atoms with Gasteiger partial charge in [0.25, 0.3) is 0 Å². The molecule has 2 aromatic rings. The van der Waals surface area contributed by atoms with Crippen LogP contribution in [0.4, 0.5) is 17.6 Å². The SMILES string of the molecule is Fc1cc(-c2cccnc2)ccc1C(F)(F)F. The van der Waals surface area contributed by atoms with Crippen molar-refractivity contribution in [3.63, 3.8) is 0 Å². The zero-order chi connectivity index (χ0) is 12.5. The van der Waals surface area contributed by atoms with Crippen molar-refractivity contribution in [3.8, 4) is 11.1 Å². The Balaban J connectivity index is 2.45. The number of hydrogen-bond donors (Lipinski definition) is 0. The summed E-state index contributed by atoms with van der Waals surface area (Å²) in [7, 11) is 0. The van der Waals surface area contributed by atoms with Crippen LogP contribution >= 0.6 is 0 Å². The minimum absolute atomic E-state index is 0.364. The second-order valence-corrected chi connectivity index (χ2v) is 3.43. The molecule has 0 aliphatic carbocycles. The Morgan fingerprint density at radius 1 is 1.00 bits per heavy atom. The molecular formula is C12H7F4N. The van der Waals surface area contributed by atoms with Crippen molar-refractivity contribution in [1.29, 1.82) is 0 Å². The Morgan fingerprint density at radius 2 is 1.76 bits per heavy atom. The Morgan fingerprint density at radius 3 is 2.29 bits per heavy atom. The fourth-order valence-corrected chi connectivity index (χ4v) is 1.46. The highest BCUT2D eigenvalue weighted by Gasteiger charge is 2.33. The smallest absolute Gasteiger partial charge is 0.264 e. The van der Waals surface area contributed by atoms with Crippen molar-refractivity contribution in [3.05, 3.63) is 54.1 Å². The van der Waals surface area contributed by atoms with Gasteiger partial charge in [-0.3, -0.25) is 4.98 Å². The lowest BCUT2D eigenvalue weighted by atomic mass is 10.1. The lowest BCUT2D eigenvalue weighted by molar-refractivity contribution is -0.139. The molecule has 1 heterocycles. The van der Waals surface area contributed by atoms with Gasteiger partial charge in [0.05, 0.1) is 5.56 Å². The van der Waals surface area contributed by atoms with Crippen LogP contribution in [-0.4, -0.2) is 4.98 Å². The maximum Gasteiger partial charge on any atom is 0.419 e. The van der Waals surface area contributed by atoms with Crippen LogP contribution in [0.1, 0.15) is 5.56 Å². The van der Waals surface area contributed by atoms with E-state index < -0.39 is 17.6 Å². The molecule has 0 radical (unpaired) electrons. The first-order valence-electron chi connectivity index (χ1n) is 4.75. The third-order valence-electron chi connectivity index (χ3n) is 2.27. The van der Waals surface area contributed by atoms with E-state index in [1.165, 1.54) is 18.5 Å². The molecule has 17 heavy (non-hydrogen) atoms. The van der Waals surface area contributed by atoms with Gasteiger partial charge < -0.3 is 0 Å². The quantitative estimate of drug-likeness (QED) is 0.690. The molecule has 0 saturated carbocycles. The molecule has 0 amide bonds. The molecule has 5 heteroatoms. The summed E-state index contributed by atoms with van der Waals surface area (Å²) >= 11 is 0. The molecule has 0 spiro atoms. The monoisotopic (exact) mass is 241 g/mol. The summed E-state index contributed by atoms with van der Waals surface area (Å²) in [5.41, 5.74) is -0.325. The van der Waals surface area contributed by atoms with Crippen molar-refractivity contribution < 1.29 is 17.6 Å². The average molecular weight is 241 g/mol. The number of pyridine rings is 1. The fraction of sp³-hybridized carbons (Fsp3) is 0.0833. The summed E-state index contributed by atoms with van der Waals surface area (Å²) in [6.45, 7) is 0. The van der Waals surface area contributed by atoms with E-state index in [4.69, 9.17) is 0 Å². The maximum atomic E-state index is 13.3. The van der Waals surface area contributed by atoms with Crippen LogP contribution in [0.15, 0.2) is 42.7 Å². The minimum atomic E-state index is -4.67. The lowest BCUT2D eigenvalue weighted by Crippen LogP contribution is -2.07. The standard InChI is InChI=1S/C12H7F4N/c13-11-6-8(9-2-1-5-17-7-9)3-4-10(11)12(14,15)16/h1-7H. The summed E-state index contributed by atoms with van der Waals surface area (Å²) in [5, 5.41) is 0. The van der Waals surface area contributed by atoms with Crippen molar-refractivity contribution >= 4 is 0 Å². The van der Waals surface area contributed by atoms with Crippen LogP contribution in [0.2, 0.25) is 0 Å². The Labute approximate surface area is 94.7 Å². The third-order valence-corrected chi connectivity index (χ3v) is 2.27. The van der Waals surface area contributed by atoms with E-state index in [0.29, 0.717) is 11.1 Å². The first-order valence-corrected chi connectivity index (χ1v) is 4.75. The summed E-state index contributed by atoms with van der Waals surface area (Å²) in [6, 6.07) is 6.10. The third kappa shape index (κ3) is 2.43. The second-order valence-electron chi connectivity index (χ2n) is 3.43. The number of aromatic nitrogens is 1. The summed E-state index contributed by atoms with van der Waals surface area (Å²) in [6.07, 6.45) is -1.68. The van der Waals surface area contributed by atoms with E-state index in [0.717, 1.165) is 12.1 Å². The number of benzene rings is 1. The van der Waals surface area contributed by atoms with Crippen LogP contribution in [0.5, 0.6) is 0 Å². The molecule has 1 aromatic carbocycles. The second kappa shape index (κ2) is 4.16. The zero-order valence-electron chi connectivity index (χ0n) is 8.50. The van der Waals surface area contributed by atoms with Crippen molar-refractivity contribution in [2.45, 2.75) is 6.18 Å². The molecule has 88 valence electrons. The van der Waals surface area contributed by atoms with Crippen LogP contribution in [-0.2, 0) is 6.18 Å². The van der Waals surface area contributed by atoms with Crippen LogP contribution < -0.4 is 0 Å². The van der Waals surface area contributed by atoms with E-state index in [9.17, 15) is 17.6 Å². The van der Waals surface area contributed by atoms with Crippen molar-refractivity contribution in [1.82, 2.24) is 4.98 Å². The zero-order valence-corrected chi connectivity index (χ0v) is 8.50. The Hall–Kier alpha value is -1.91. The van der Waals surface area contributed by atoms with Gasteiger partial charge in [-0.2, -0.15) is 13.2 Å². The Bertz CT molecular complexity index is 520. The molecule has 2 rings (SSSR count). The maximum absolute atomic E-state index is 13.3. The van der Waals surface area contributed by atoms with Gasteiger partial charge in [-0.1, -0.05) is 12.1 Å². The minimum Gasteiger partial charge on any atom is -0.264 e. The summed E-state index contributed by atoms with van der Waals surface area (Å²) in [4.78, 5) is 3.82. The van der Waals surface area contributed by atoms with E-state index in [1.54, 1.807) is 12.1 Å². The number of halogens is 4. The van der Waals surface area contributed by atoms with E-state index in [1.807, 2.05) is 0 Å². The number of hydrogen-bond acceptors (Lipinski definition) is 1. The molecule has 0 bridgehead atoms. The molecular weight excluding hydrogens is 234 g/mol. The Kier molecular flexibility index (Phi) is 2.83. The number of rotatable bonds is 1.